The number of aryl methyl sites for hydroxylation is 1. The number of nitrogens with two attached hydrogens (primary N) is 1. The molecule has 1 aromatic heterocycles. The fourth-order valence-electron chi connectivity index (χ4n) is 2.18. The van der Waals surface area contributed by atoms with Gasteiger partial charge in [-0.1, -0.05) is 0 Å². The minimum atomic E-state index is -0.00951. The molecule has 4 heteroatoms. The summed E-state index contributed by atoms with van der Waals surface area (Å²) in [6.45, 7) is 2.56. The van der Waals surface area contributed by atoms with E-state index in [2.05, 4.69) is 9.97 Å². The lowest BCUT2D eigenvalue weighted by atomic mass is 10.1. The van der Waals surface area contributed by atoms with Gasteiger partial charge in [0.25, 0.3) is 0 Å². The van der Waals surface area contributed by atoms with Gasteiger partial charge in [0.05, 0.1) is 5.52 Å². The van der Waals surface area contributed by atoms with Crippen molar-refractivity contribution >= 4 is 10.9 Å². The third kappa shape index (κ3) is 1.56. The summed E-state index contributed by atoms with van der Waals surface area (Å²) >= 11 is 0. The maximum Gasteiger partial charge on any atom is 0.136 e. The summed E-state index contributed by atoms with van der Waals surface area (Å²) in [6, 6.07) is 5.19. The third-order valence-corrected chi connectivity index (χ3v) is 3.59. The Hall–Kier alpha value is -1.68. The Balaban J connectivity index is 2.22. The van der Waals surface area contributed by atoms with E-state index in [0.717, 1.165) is 35.3 Å². The Kier molecular flexibility index (Phi) is 2.10. The Morgan fingerprint density at radius 1 is 1.35 bits per heavy atom. The summed E-state index contributed by atoms with van der Waals surface area (Å²) < 4.78 is 0. The molecule has 0 atom stereocenters. The smallest absolute Gasteiger partial charge is 0.136 e. The number of fused-ring (bicyclic) bond motifs is 1. The van der Waals surface area contributed by atoms with Crippen LogP contribution >= 0.6 is 0 Å². The Labute approximate surface area is 99.5 Å². The molecule has 0 spiro atoms. The van der Waals surface area contributed by atoms with Crippen molar-refractivity contribution in [1.29, 1.82) is 0 Å². The number of benzene rings is 1. The maximum absolute atomic E-state index is 9.50. The zero-order valence-electron chi connectivity index (χ0n) is 9.77. The van der Waals surface area contributed by atoms with Gasteiger partial charge in [-0.05, 0) is 31.9 Å². The van der Waals surface area contributed by atoms with Crippen LogP contribution in [-0.2, 0) is 5.41 Å². The van der Waals surface area contributed by atoms with E-state index in [4.69, 9.17) is 5.73 Å². The molecule has 4 nitrogen and oxygen atoms in total. The highest BCUT2D eigenvalue weighted by molar-refractivity contribution is 5.82. The van der Waals surface area contributed by atoms with Gasteiger partial charge in [-0.3, -0.25) is 0 Å². The second-order valence-electron chi connectivity index (χ2n) is 4.82. The molecule has 0 amide bonds. The van der Waals surface area contributed by atoms with Crippen molar-refractivity contribution < 1.29 is 5.11 Å². The highest BCUT2D eigenvalue weighted by atomic mass is 16.3. The van der Waals surface area contributed by atoms with Crippen molar-refractivity contribution in [3.05, 3.63) is 29.7 Å². The van der Waals surface area contributed by atoms with E-state index in [-0.39, 0.29) is 11.2 Å². The summed E-state index contributed by atoms with van der Waals surface area (Å²) in [7, 11) is 0. The van der Waals surface area contributed by atoms with Crippen LogP contribution in [0.5, 0.6) is 5.75 Å². The molecule has 1 aromatic carbocycles. The molecule has 1 heterocycles. The first-order valence-corrected chi connectivity index (χ1v) is 5.82. The predicted molar refractivity (Wildman–Crippen MR) is 65.9 cm³/mol. The van der Waals surface area contributed by atoms with Crippen LogP contribution in [0.25, 0.3) is 10.9 Å². The van der Waals surface area contributed by atoms with Crippen LogP contribution < -0.4 is 5.73 Å². The molecule has 0 aliphatic heterocycles. The number of phenols is 1. The number of aromatic hydroxyl groups is 1. The number of nitrogens with zero attached hydrogens (tertiary/aromatic N) is 2. The quantitative estimate of drug-likeness (QED) is 0.821. The fraction of sp³-hybridized carbons (Fsp3) is 0.385. The molecule has 0 saturated heterocycles. The van der Waals surface area contributed by atoms with Crippen molar-refractivity contribution in [1.82, 2.24) is 9.97 Å². The zero-order chi connectivity index (χ0) is 12.0. The molecule has 0 radical (unpaired) electrons. The van der Waals surface area contributed by atoms with Gasteiger partial charge < -0.3 is 10.8 Å². The van der Waals surface area contributed by atoms with Gasteiger partial charge in [0, 0.05) is 29.1 Å². The second kappa shape index (κ2) is 3.40. The molecule has 0 bridgehead atoms. The monoisotopic (exact) mass is 229 g/mol. The Morgan fingerprint density at radius 2 is 2.12 bits per heavy atom. The highest BCUT2D eigenvalue weighted by Gasteiger charge is 2.46. The van der Waals surface area contributed by atoms with Crippen molar-refractivity contribution in [3.63, 3.8) is 0 Å². The largest absolute Gasteiger partial charge is 0.508 e. The standard InChI is InChI=1S/C13H15N3O/c1-8-10-3-2-9(17)6-11(10)16-12(15-8)13(7-14)4-5-13/h2-3,6,17H,4-5,7,14H2,1H3. The molecule has 88 valence electrons. The van der Waals surface area contributed by atoms with Gasteiger partial charge in [-0.25, -0.2) is 9.97 Å². The van der Waals surface area contributed by atoms with E-state index in [9.17, 15) is 5.11 Å². The first-order valence-electron chi connectivity index (χ1n) is 5.82. The van der Waals surface area contributed by atoms with Crippen LogP contribution in [-0.4, -0.2) is 21.6 Å². The molecule has 1 aliphatic carbocycles. The van der Waals surface area contributed by atoms with Gasteiger partial charge in [0.1, 0.15) is 11.6 Å². The molecule has 17 heavy (non-hydrogen) atoms. The van der Waals surface area contributed by atoms with Gasteiger partial charge in [0.15, 0.2) is 0 Å². The van der Waals surface area contributed by atoms with Crippen LogP contribution in [0.2, 0.25) is 0 Å². The molecule has 1 saturated carbocycles. The summed E-state index contributed by atoms with van der Waals surface area (Å²) in [4.78, 5) is 9.11. The number of phenolic OH excluding ortho intramolecular Hbond substituents is 1. The summed E-state index contributed by atoms with van der Waals surface area (Å²) in [6.07, 6.45) is 2.13. The lowest BCUT2D eigenvalue weighted by molar-refractivity contribution is 0.476. The number of aromatic nitrogens is 2. The summed E-state index contributed by atoms with van der Waals surface area (Å²) in [5, 5.41) is 10.5. The first kappa shape index (κ1) is 10.5. The van der Waals surface area contributed by atoms with Crippen LogP contribution in [0, 0.1) is 6.92 Å². The van der Waals surface area contributed by atoms with E-state index in [1.54, 1.807) is 12.1 Å². The SMILES string of the molecule is Cc1nc(C2(CN)CC2)nc2cc(O)ccc12. The van der Waals surface area contributed by atoms with E-state index < -0.39 is 0 Å². The first-order chi connectivity index (χ1) is 8.14. The van der Waals surface area contributed by atoms with Crippen molar-refractivity contribution in [3.8, 4) is 5.75 Å². The lowest BCUT2D eigenvalue weighted by Crippen LogP contribution is -2.22. The van der Waals surface area contributed by atoms with Gasteiger partial charge in [0.2, 0.25) is 0 Å². The fourth-order valence-corrected chi connectivity index (χ4v) is 2.18. The van der Waals surface area contributed by atoms with Crippen LogP contribution in [0.3, 0.4) is 0 Å². The maximum atomic E-state index is 9.50. The molecule has 1 fully saturated rings. The summed E-state index contributed by atoms with van der Waals surface area (Å²) in [5.74, 6) is 1.06. The van der Waals surface area contributed by atoms with E-state index in [0.29, 0.717) is 6.54 Å². The van der Waals surface area contributed by atoms with Gasteiger partial charge in [-0.15, -0.1) is 0 Å². The van der Waals surface area contributed by atoms with Gasteiger partial charge in [-0.2, -0.15) is 0 Å². The van der Waals surface area contributed by atoms with Gasteiger partial charge >= 0.3 is 0 Å². The number of hydrogen-bond donors (Lipinski definition) is 2. The van der Waals surface area contributed by atoms with Crippen LogP contribution in [0.15, 0.2) is 18.2 Å². The second-order valence-corrected chi connectivity index (χ2v) is 4.82. The Bertz CT molecular complexity index is 590. The minimum absolute atomic E-state index is 0.00951. The van der Waals surface area contributed by atoms with E-state index in [1.807, 2.05) is 13.0 Å². The average molecular weight is 229 g/mol. The van der Waals surface area contributed by atoms with Crippen LogP contribution in [0.1, 0.15) is 24.4 Å². The molecular weight excluding hydrogens is 214 g/mol. The molecule has 0 unspecified atom stereocenters. The molecule has 1 aliphatic rings. The molecule has 3 rings (SSSR count). The topological polar surface area (TPSA) is 72.0 Å². The molecular formula is C13H15N3O. The Morgan fingerprint density at radius 3 is 2.76 bits per heavy atom. The van der Waals surface area contributed by atoms with E-state index in [1.165, 1.54) is 0 Å². The lowest BCUT2D eigenvalue weighted by Gasteiger charge is -2.12. The highest BCUT2D eigenvalue weighted by Crippen LogP contribution is 2.45. The normalized spacial score (nSPS) is 17.3. The average Bonchev–Trinajstić information content (AvgIpc) is 3.09. The van der Waals surface area contributed by atoms with E-state index >= 15 is 0 Å². The number of rotatable bonds is 2. The minimum Gasteiger partial charge on any atom is -0.508 e. The predicted octanol–water partition coefficient (Wildman–Crippen LogP) is 1.63. The van der Waals surface area contributed by atoms with Crippen LogP contribution in [0.4, 0.5) is 0 Å². The molecule has 2 aromatic rings. The third-order valence-electron chi connectivity index (χ3n) is 3.59. The zero-order valence-corrected chi connectivity index (χ0v) is 9.77. The summed E-state index contributed by atoms with van der Waals surface area (Å²) in [5.41, 5.74) is 7.53. The molecule has 3 N–H and O–H groups in total. The van der Waals surface area contributed by atoms with Crippen molar-refractivity contribution in [2.24, 2.45) is 5.73 Å². The number of hydrogen-bond acceptors (Lipinski definition) is 4. The van der Waals surface area contributed by atoms with Crippen molar-refractivity contribution in [2.75, 3.05) is 6.54 Å². The van der Waals surface area contributed by atoms with Crippen molar-refractivity contribution in [2.45, 2.75) is 25.2 Å².